The topological polar surface area (TPSA) is 58.6 Å². The van der Waals surface area contributed by atoms with Gasteiger partial charge in [-0.05, 0) is 27.2 Å². The first-order chi connectivity index (χ1) is 7.76. The fourth-order valence-corrected chi connectivity index (χ4v) is 1.18. The molecular weight excluding hydrogens is 220 g/mol. The van der Waals surface area contributed by atoms with Crippen molar-refractivity contribution >= 4 is 11.8 Å². The number of ether oxygens (including phenoxy) is 1. The Balaban J connectivity index is 3.95. The van der Waals surface area contributed by atoms with Crippen LogP contribution in [0.5, 0.6) is 0 Å². The van der Waals surface area contributed by atoms with E-state index >= 15 is 0 Å². The van der Waals surface area contributed by atoms with Crippen LogP contribution in [0.4, 0.5) is 0 Å². The van der Waals surface area contributed by atoms with E-state index in [-0.39, 0.29) is 30.5 Å². The number of amides is 2. The van der Waals surface area contributed by atoms with Gasteiger partial charge in [-0.1, -0.05) is 6.92 Å². The molecule has 17 heavy (non-hydrogen) atoms. The molecule has 0 fully saturated rings. The summed E-state index contributed by atoms with van der Waals surface area (Å²) in [7, 11) is 1.60. The zero-order valence-corrected chi connectivity index (χ0v) is 11.5. The summed E-state index contributed by atoms with van der Waals surface area (Å²) < 4.78 is 5.13. The molecule has 100 valence electrons. The minimum atomic E-state index is -0.278. The third-order valence-corrected chi connectivity index (χ3v) is 1.89. The van der Waals surface area contributed by atoms with Gasteiger partial charge in [0.15, 0.2) is 0 Å². The Hall–Kier alpha value is -1.10. The molecule has 0 atom stereocenters. The van der Waals surface area contributed by atoms with Crippen LogP contribution in [0.15, 0.2) is 0 Å². The lowest BCUT2D eigenvalue weighted by molar-refractivity contribution is -0.138. The average molecular weight is 244 g/mol. The Kier molecular flexibility index (Phi) is 6.80. The molecule has 0 aliphatic carbocycles. The van der Waals surface area contributed by atoms with Crippen molar-refractivity contribution in [1.82, 2.24) is 10.2 Å². The Morgan fingerprint density at radius 1 is 1.29 bits per heavy atom. The van der Waals surface area contributed by atoms with Crippen molar-refractivity contribution in [2.45, 2.75) is 39.7 Å². The summed E-state index contributed by atoms with van der Waals surface area (Å²) in [6, 6.07) is 0. The molecule has 0 aromatic rings. The summed E-state index contributed by atoms with van der Waals surface area (Å²) in [4.78, 5) is 24.5. The van der Waals surface area contributed by atoms with E-state index in [1.165, 1.54) is 4.90 Å². The smallest absolute Gasteiger partial charge is 0.248 e. The van der Waals surface area contributed by atoms with Gasteiger partial charge in [-0.3, -0.25) is 9.59 Å². The van der Waals surface area contributed by atoms with E-state index in [2.05, 4.69) is 5.32 Å². The first-order valence-electron chi connectivity index (χ1n) is 5.89. The highest BCUT2D eigenvalue weighted by atomic mass is 16.5. The minimum Gasteiger partial charge on any atom is -0.372 e. The zero-order valence-electron chi connectivity index (χ0n) is 11.5. The van der Waals surface area contributed by atoms with E-state index in [9.17, 15) is 9.59 Å². The lowest BCUT2D eigenvalue weighted by atomic mass is 10.1. The van der Waals surface area contributed by atoms with Gasteiger partial charge < -0.3 is 15.0 Å². The summed E-state index contributed by atoms with van der Waals surface area (Å²) in [5.41, 5.74) is -0.278. The van der Waals surface area contributed by atoms with E-state index < -0.39 is 0 Å². The van der Waals surface area contributed by atoms with Crippen molar-refractivity contribution in [3.05, 3.63) is 0 Å². The molecule has 5 heteroatoms. The molecule has 0 saturated carbocycles. The van der Waals surface area contributed by atoms with Crippen LogP contribution < -0.4 is 5.32 Å². The van der Waals surface area contributed by atoms with Crippen molar-refractivity contribution in [3.63, 3.8) is 0 Å². The first-order valence-corrected chi connectivity index (χ1v) is 5.89. The molecule has 0 rings (SSSR count). The van der Waals surface area contributed by atoms with Crippen LogP contribution >= 0.6 is 0 Å². The fraction of sp³-hybridized carbons (Fsp3) is 0.833. The molecule has 0 unspecified atom stereocenters. The second-order valence-corrected chi connectivity index (χ2v) is 5.10. The fourth-order valence-electron chi connectivity index (χ4n) is 1.18. The molecule has 0 heterocycles. The van der Waals surface area contributed by atoms with Gasteiger partial charge in [0, 0.05) is 19.2 Å². The summed E-state index contributed by atoms with van der Waals surface area (Å²) in [5, 5.41) is 2.80. The van der Waals surface area contributed by atoms with Gasteiger partial charge in [0.05, 0.1) is 6.54 Å². The standard InChI is InChI=1S/C12H24N2O3/c1-6-7-17-9-11(16)14(5)8-10(15)13-12(2,3)4/h6-9H2,1-5H3,(H,13,15). The maximum Gasteiger partial charge on any atom is 0.248 e. The Labute approximate surface area is 103 Å². The summed E-state index contributed by atoms with van der Waals surface area (Å²) in [6.45, 7) is 8.34. The zero-order chi connectivity index (χ0) is 13.5. The summed E-state index contributed by atoms with van der Waals surface area (Å²) in [6.07, 6.45) is 0.876. The second kappa shape index (κ2) is 7.27. The minimum absolute atomic E-state index is 0.0349. The number of nitrogens with one attached hydrogen (secondary N) is 1. The normalized spacial score (nSPS) is 11.1. The van der Waals surface area contributed by atoms with Crippen LogP contribution in [0.3, 0.4) is 0 Å². The predicted octanol–water partition coefficient (Wildman–Crippen LogP) is 0.786. The van der Waals surface area contributed by atoms with E-state index in [0.29, 0.717) is 6.61 Å². The van der Waals surface area contributed by atoms with Crippen LogP contribution in [-0.4, -0.2) is 49.1 Å². The van der Waals surface area contributed by atoms with Crippen LogP contribution in [0.2, 0.25) is 0 Å². The summed E-state index contributed by atoms with van der Waals surface area (Å²) >= 11 is 0. The average Bonchev–Trinajstić information content (AvgIpc) is 2.14. The molecule has 0 aromatic carbocycles. The molecule has 0 spiro atoms. The van der Waals surface area contributed by atoms with E-state index in [0.717, 1.165) is 6.42 Å². The molecule has 0 aromatic heterocycles. The molecule has 0 bridgehead atoms. The largest absolute Gasteiger partial charge is 0.372 e. The molecule has 1 N–H and O–H groups in total. The molecule has 0 aliphatic rings. The van der Waals surface area contributed by atoms with E-state index in [1.807, 2.05) is 27.7 Å². The third kappa shape index (κ3) is 8.68. The Morgan fingerprint density at radius 2 is 1.88 bits per heavy atom. The van der Waals surface area contributed by atoms with Crippen LogP contribution in [-0.2, 0) is 14.3 Å². The van der Waals surface area contributed by atoms with Crippen molar-refractivity contribution in [2.75, 3.05) is 26.8 Å². The highest BCUT2D eigenvalue weighted by Crippen LogP contribution is 1.98. The summed E-state index contributed by atoms with van der Waals surface area (Å²) in [5.74, 6) is -0.341. The lowest BCUT2D eigenvalue weighted by Gasteiger charge is -2.23. The Morgan fingerprint density at radius 3 is 2.35 bits per heavy atom. The quantitative estimate of drug-likeness (QED) is 0.703. The number of hydrogen-bond acceptors (Lipinski definition) is 3. The second-order valence-electron chi connectivity index (χ2n) is 5.10. The number of nitrogens with zero attached hydrogens (tertiary/aromatic N) is 1. The maximum atomic E-state index is 11.6. The van der Waals surface area contributed by atoms with Crippen LogP contribution in [0.25, 0.3) is 0 Å². The predicted molar refractivity (Wildman–Crippen MR) is 66.6 cm³/mol. The molecule has 0 radical (unpaired) electrons. The molecule has 5 nitrogen and oxygen atoms in total. The SMILES string of the molecule is CCCOCC(=O)N(C)CC(=O)NC(C)(C)C. The van der Waals surface area contributed by atoms with Crippen molar-refractivity contribution in [1.29, 1.82) is 0 Å². The molecule has 0 aliphatic heterocycles. The number of carbonyl (C=O) groups is 2. The van der Waals surface area contributed by atoms with Crippen molar-refractivity contribution in [3.8, 4) is 0 Å². The van der Waals surface area contributed by atoms with E-state index in [4.69, 9.17) is 4.74 Å². The van der Waals surface area contributed by atoms with Crippen molar-refractivity contribution < 1.29 is 14.3 Å². The van der Waals surface area contributed by atoms with Crippen LogP contribution in [0, 0.1) is 0 Å². The number of hydrogen-bond donors (Lipinski definition) is 1. The highest BCUT2D eigenvalue weighted by molar-refractivity contribution is 5.85. The lowest BCUT2D eigenvalue weighted by Crippen LogP contribution is -2.46. The van der Waals surface area contributed by atoms with Gasteiger partial charge in [-0.15, -0.1) is 0 Å². The molecular formula is C12H24N2O3. The first kappa shape index (κ1) is 15.9. The molecule has 0 saturated heterocycles. The van der Waals surface area contributed by atoms with Crippen LogP contribution in [0.1, 0.15) is 34.1 Å². The number of rotatable bonds is 6. The molecule has 2 amide bonds. The van der Waals surface area contributed by atoms with Gasteiger partial charge in [0.1, 0.15) is 6.61 Å². The van der Waals surface area contributed by atoms with Gasteiger partial charge >= 0.3 is 0 Å². The van der Waals surface area contributed by atoms with Gasteiger partial charge in [0.25, 0.3) is 0 Å². The van der Waals surface area contributed by atoms with Crippen molar-refractivity contribution in [2.24, 2.45) is 0 Å². The maximum absolute atomic E-state index is 11.6. The number of carbonyl (C=O) groups excluding carboxylic acids is 2. The Bertz CT molecular complexity index is 259. The third-order valence-electron chi connectivity index (χ3n) is 1.89. The van der Waals surface area contributed by atoms with Gasteiger partial charge in [-0.2, -0.15) is 0 Å². The number of likely N-dealkylation sites (N-methyl/N-ethyl adjacent to an activating group) is 1. The van der Waals surface area contributed by atoms with Gasteiger partial charge in [-0.25, -0.2) is 0 Å². The monoisotopic (exact) mass is 244 g/mol. The highest BCUT2D eigenvalue weighted by Gasteiger charge is 2.17. The van der Waals surface area contributed by atoms with E-state index in [1.54, 1.807) is 7.05 Å². The van der Waals surface area contributed by atoms with Gasteiger partial charge in [0.2, 0.25) is 11.8 Å².